The van der Waals surface area contributed by atoms with Crippen molar-refractivity contribution in [1.82, 2.24) is 9.78 Å². The Morgan fingerprint density at radius 1 is 1.11 bits per heavy atom. The molecule has 2 heterocycles. The summed E-state index contributed by atoms with van der Waals surface area (Å²) in [6.07, 6.45) is 6.16. The second-order valence-electron chi connectivity index (χ2n) is 5.87. The number of nitrogens with two attached hydrogens (primary N) is 1. The van der Waals surface area contributed by atoms with E-state index < -0.39 is 0 Å². The average Bonchev–Trinajstić information content (AvgIpc) is 2.55. The zero-order chi connectivity index (χ0) is 12.7. The Balaban J connectivity index is 1.84. The van der Waals surface area contributed by atoms with E-state index in [2.05, 4.69) is 23.4 Å². The summed E-state index contributed by atoms with van der Waals surface area (Å²) in [5.74, 6) is 0. The maximum absolute atomic E-state index is 5.99. The van der Waals surface area contributed by atoms with Gasteiger partial charge in [-0.25, -0.2) is 0 Å². The highest BCUT2D eigenvalue weighted by Crippen LogP contribution is 2.36. The van der Waals surface area contributed by atoms with Gasteiger partial charge in [-0.1, -0.05) is 0 Å². The lowest BCUT2D eigenvalue weighted by Gasteiger charge is -2.32. The fourth-order valence-corrected chi connectivity index (χ4v) is 3.22. The number of hydrogen-bond donors (Lipinski definition) is 1. The number of anilines is 1. The molecular weight excluding hydrogens is 224 g/mol. The van der Waals surface area contributed by atoms with E-state index in [0.29, 0.717) is 12.1 Å². The molecule has 0 radical (unpaired) electrons. The van der Waals surface area contributed by atoms with Crippen molar-refractivity contribution in [3.63, 3.8) is 0 Å². The van der Waals surface area contributed by atoms with Gasteiger partial charge in [0.25, 0.3) is 0 Å². The predicted molar refractivity (Wildman–Crippen MR) is 74.0 cm³/mol. The van der Waals surface area contributed by atoms with Gasteiger partial charge in [0, 0.05) is 19.1 Å². The molecule has 2 N–H and O–H groups in total. The second kappa shape index (κ2) is 4.57. The molecular formula is C14H24N4. The molecule has 1 aromatic rings. The SMILES string of the molecule is Cc1nn(C2CCC2)c(C)c1N1CCC(N)CC1. The lowest BCUT2D eigenvalue weighted by Crippen LogP contribution is -2.40. The summed E-state index contributed by atoms with van der Waals surface area (Å²) in [6, 6.07) is 1.05. The Bertz CT molecular complexity index is 425. The van der Waals surface area contributed by atoms with Crippen LogP contribution >= 0.6 is 0 Å². The molecule has 2 fully saturated rings. The van der Waals surface area contributed by atoms with Gasteiger partial charge in [0.1, 0.15) is 0 Å². The van der Waals surface area contributed by atoms with Gasteiger partial charge in [0.05, 0.1) is 23.1 Å². The summed E-state index contributed by atoms with van der Waals surface area (Å²) in [5, 5.41) is 4.77. The number of aromatic nitrogens is 2. The molecule has 100 valence electrons. The molecule has 1 saturated heterocycles. The van der Waals surface area contributed by atoms with Crippen LogP contribution in [-0.4, -0.2) is 28.9 Å². The molecule has 2 aliphatic rings. The summed E-state index contributed by atoms with van der Waals surface area (Å²) in [4.78, 5) is 2.48. The van der Waals surface area contributed by atoms with E-state index in [9.17, 15) is 0 Å². The van der Waals surface area contributed by atoms with Crippen LogP contribution in [0.3, 0.4) is 0 Å². The van der Waals surface area contributed by atoms with Gasteiger partial charge < -0.3 is 10.6 Å². The minimum Gasteiger partial charge on any atom is -0.368 e. The quantitative estimate of drug-likeness (QED) is 0.872. The molecule has 1 aliphatic carbocycles. The Morgan fingerprint density at radius 3 is 2.33 bits per heavy atom. The van der Waals surface area contributed by atoms with Crippen LogP contribution in [0, 0.1) is 13.8 Å². The third-order valence-electron chi connectivity index (χ3n) is 4.56. The first-order chi connectivity index (χ1) is 8.66. The van der Waals surface area contributed by atoms with Crippen molar-refractivity contribution in [2.45, 2.75) is 58.0 Å². The molecule has 0 unspecified atom stereocenters. The van der Waals surface area contributed by atoms with Gasteiger partial charge in [-0.15, -0.1) is 0 Å². The first-order valence-corrected chi connectivity index (χ1v) is 7.23. The lowest BCUT2D eigenvalue weighted by atomic mass is 9.93. The van der Waals surface area contributed by atoms with Crippen LogP contribution < -0.4 is 10.6 Å². The predicted octanol–water partition coefficient (Wildman–Crippen LogP) is 2.15. The Morgan fingerprint density at radius 2 is 1.78 bits per heavy atom. The number of piperidine rings is 1. The van der Waals surface area contributed by atoms with Gasteiger partial charge in [-0.2, -0.15) is 5.10 Å². The van der Waals surface area contributed by atoms with Crippen LogP contribution in [-0.2, 0) is 0 Å². The smallest absolute Gasteiger partial charge is 0.0830 e. The van der Waals surface area contributed by atoms with Crippen LogP contribution in [0.25, 0.3) is 0 Å². The van der Waals surface area contributed by atoms with Crippen molar-refractivity contribution in [3.8, 4) is 0 Å². The van der Waals surface area contributed by atoms with Crippen molar-refractivity contribution >= 4 is 5.69 Å². The Labute approximate surface area is 109 Å². The van der Waals surface area contributed by atoms with E-state index in [0.717, 1.165) is 25.9 Å². The molecule has 1 aromatic heterocycles. The molecule has 0 aromatic carbocycles. The minimum absolute atomic E-state index is 0.392. The summed E-state index contributed by atoms with van der Waals surface area (Å²) in [5.41, 5.74) is 9.90. The number of hydrogen-bond acceptors (Lipinski definition) is 3. The highest BCUT2D eigenvalue weighted by molar-refractivity contribution is 5.55. The standard InChI is InChI=1S/C14H24N4/c1-10-14(17-8-6-12(15)7-9-17)11(2)18(16-10)13-4-3-5-13/h12-13H,3-9,15H2,1-2H3. The molecule has 0 spiro atoms. The normalized spacial score (nSPS) is 22.3. The number of rotatable bonds is 2. The van der Waals surface area contributed by atoms with Gasteiger partial charge >= 0.3 is 0 Å². The molecule has 0 atom stereocenters. The largest absolute Gasteiger partial charge is 0.368 e. The Hall–Kier alpha value is -1.03. The topological polar surface area (TPSA) is 47.1 Å². The maximum Gasteiger partial charge on any atom is 0.0830 e. The summed E-state index contributed by atoms with van der Waals surface area (Å²) in [6.45, 7) is 6.53. The summed E-state index contributed by atoms with van der Waals surface area (Å²) < 4.78 is 2.27. The highest BCUT2D eigenvalue weighted by atomic mass is 15.3. The molecule has 4 nitrogen and oxygen atoms in total. The van der Waals surface area contributed by atoms with Crippen LogP contribution in [0.15, 0.2) is 0 Å². The van der Waals surface area contributed by atoms with Gasteiger partial charge in [-0.05, 0) is 46.0 Å². The zero-order valence-electron chi connectivity index (χ0n) is 11.5. The molecule has 4 heteroatoms. The molecule has 18 heavy (non-hydrogen) atoms. The summed E-state index contributed by atoms with van der Waals surface area (Å²) >= 11 is 0. The van der Waals surface area contributed by atoms with Gasteiger partial charge in [0.2, 0.25) is 0 Å². The maximum atomic E-state index is 5.99. The second-order valence-corrected chi connectivity index (χ2v) is 5.87. The van der Waals surface area contributed by atoms with Crippen molar-refractivity contribution in [1.29, 1.82) is 0 Å². The molecule has 0 amide bonds. The monoisotopic (exact) mass is 248 g/mol. The lowest BCUT2D eigenvalue weighted by molar-refractivity contribution is 0.284. The molecule has 0 bridgehead atoms. The third-order valence-corrected chi connectivity index (χ3v) is 4.56. The van der Waals surface area contributed by atoms with E-state index in [4.69, 9.17) is 10.8 Å². The minimum atomic E-state index is 0.392. The van der Waals surface area contributed by atoms with Gasteiger partial charge in [-0.3, -0.25) is 4.68 Å². The van der Waals surface area contributed by atoms with E-state index in [1.807, 2.05) is 0 Å². The van der Waals surface area contributed by atoms with E-state index >= 15 is 0 Å². The van der Waals surface area contributed by atoms with Crippen LogP contribution in [0.1, 0.15) is 49.5 Å². The Kier molecular flexibility index (Phi) is 3.06. The molecule has 1 saturated carbocycles. The average molecular weight is 248 g/mol. The highest BCUT2D eigenvalue weighted by Gasteiger charge is 2.27. The molecule has 1 aliphatic heterocycles. The first-order valence-electron chi connectivity index (χ1n) is 7.23. The van der Waals surface area contributed by atoms with Crippen molar-refractivity contribution < 1.29 is 0 Å². The van der Waals surface area contributed by atoms with Crippen LogP contribution in [0.2, 0.25) is 0 Å². The van der Waals surface area contributed by atoms with E-state index in [-0.39, 0.29) is 0 Å². The van der Waals surface area contributed by atoms with Crippen molar-refractivity contribution in [2.24, 2.45) is 5.73 Å². The van der Waals surface area contributed by atoms with E-state index in [1.54, 1.807) is 0 Å². The number of aryl methyl sites for hydroxylation is 1. The van der Waals surface area contributed by atoms with Gasteiger partial charge in [0.15, 0.2) is 0 Å². The van der Waals surface area contributed by atoms with Crippen LogP contribution in [0.5, 0.6) is 0 Å². The molecule has 3 rings (SSSR count). The fourth-order valence-electron chi connectivity index (χ4n) is 3.22. The van der Waals surface area contributed by atoms with E-state index in [1.165, 1.54) is 36.3 Å². The first kappa shape index (κ1) is 12.0. The fraction of sp³-hybridized carbons (Fsp3) is 0.786. The summed E-state index contributed by atoms with van der Waals surface area (Å²) in [7, 11) is 0. The van der Waals surface area contributed by atoms with Crippen molar-refractivity contribution in [3.05, 3.63) is 11.4 Å². The van der Waals surface area contributed by atoms with Crippen molar-refractivity contribution in [2.75, 3.05) is 18.0 Å². The zero-order valence-corrected chi connectivity index (χ0v) is 11.5. The third kappa shape index (κ3) is 1.92. The number of nitrogens with zero attached hydrogens (tertiary/aromatic N) is 3. The van der Waals surface area contributed by atoms with Crippen LogP contribution in [0.4, 0.5) is 5.69 Å².